The predicted molar refractivity (Wildman–Crippen MR) is 106 cm³/mol. The van der Waals surface area contributed by atoms with Gasteiger partial charge in [-0.15, -0.1) is 0 Å². The monoisotopic (exact) mass is 387 g/mol. The van der Waals surface area contributed by atoms with E-state index in [4.69, 9.17) is 9.47 Å². The SMILES string of the molecule is COc1cc(OC)cc(C(=O)NC[C@H]2CCCN(Cc3nc(C)nn3C)C2)c1. The number of ether oxygens (including phenoxy) is 2. The predicted octanol–water partition coefficient (Wildman–Crippen LogP) is 1.78. The second-order valence-corrected chi connectivity index (χ2v) is 7.25. The van der Waals surface area contributed by atoms with Crippen LogP contribution in [0.5, 0.6) is 11.5 Å². The van der Waals surface area contributed by atoms with Crippen molar-refractivity contribution in [3.8, 4) is 11.5 Å². The number of likely N-dealkylation sites (tertiary alicyclic amines) is 1. The van der Waals surface area contributed by atoms with Crippen LogP contribution in [0.25, 0.3) is 0 Å². The summed E-state index contributed by atoms with van der Waals surface area (Å²) in [6.07, 6.45) is 2.22. The van der Waals surface area contributed by atoms with Gasteiger partial charge in [-0.2, -0.15) is 5.10 Å². The van der Waals surface area contributed by atoms with Crippen molar-refractivity contribution < 1.29 is 14.3 Å². The Hall–Kier alpha value is -2.61. The van der Waals surface area contributed by atoms with E-state index in [-0.39, 0.29) is 5.91 Å². The van der Waals surface area contributed by atoms with Gasteiger partial charge in [0.1, 0.15) is 23.1 Å². The molecule has 0 unspecified atom stereocenters. The van der Waals surface area contributed by atoms with Crippen molar-refractivity contribution in [3.05, 3.63) is 35.4 Å². The van der Waals surface area contributed by atoms with E-state index in [1.54, 1.807) is 32.4 Å². The fourth-order valence-corrected chi connectivity index (χ4v) is 3.63. The molecule has 1 aliphatic heterocycles. The molecular formula is C20H29N5O3. The van der Waals surface area contributed by atoms with Crippen molar-refractivity contribution in [2.45, 2.75) is 26.3 Å². The fraction of sp³-hybridized carbons (Fsp3) is 0.550. The normalized spacial score (nSPS) is 17.4. The van der Waals surface area contributed by atoms with Gasteiger partial charge in [-0.25, -0.2) is 4.98 Å². The first-order chi connectivity index (χ1) is 13.5. The molecule has 1 aromatic heterocycles. The molecule has 1 fully saturated rings. The summed E-state index contributed by atoms with van der Waals surface area (Å²) in [5, 5.41) is 7.38. The van der Waals surface area contributed by atoms with E-state index in [0.717, 1.165) is 44.1 Å². The van der Waals surface area contributed by atoms with Gasteiger partial charge in [0.15, 0.2) is 0 Å². The van der Waals surface area contributed by atoms with Crippen LogP contribution in [0.3, 0.4) is 0 Å². The highest BCUT2D eigenvalue weighted by Crippen LogP contribution is 2.23. The Morgan fingerprint density at radius 2 is 1.96 bits per heavy atom. The third kappa shape index (κ3) is 5.01. The van der Waals surface area contributed by atoms with Crippen molar-refractivity contribution >= 4 is 5.91 Å². The standard InChI is InChI=1S/C20H29N5O3/c1-14-22-19(24(2)23-14)13-25-7-5-6-15(12-25)11-21-20(26)16-8-17(27-3)10-18(9-16)28-4/h8-10,15H,5-7,11-13H2,1-4H3,(H,21,26)/t15-/m1/s1. The molecule has 0 bridgehead atoms. The van der Waals surface area contributed by atoms with Crippen LogP contribution in [0.2, 0.25) is 0 Å². The summed E-state index contributed by atoms with van der Waals surface area (Å²) in [7, 11) is 5.08. The zero-order valence-electron chi connectivity index (χ0n) is 17.1. The highest BCUT2D eigenvalue weighted by atomic mass is 16.5. The summed E-state index contributed by atoms with van der Waals surface area (Å²) < 4.78 is 12.3. The molecule has 2 heterocycles. The number of benzene rings is 1. The Labute approximate surface area is 165 Å². The van der Waals surface area contributed by atoms with Crippen molar-refractivity contribution in [1.82, 2.24) is 25.0 Å². The van der Waals surface area contributed by atoms with E-state index in [2.05, 4.69) is 20.3 Å². The summed E-state index contributed by atoms with van der Waals surface area (Å²) >= 11 is 0. The molecule has 1 aromatic carbocycles. The topological polar surface area (TPSA) is 81.5 Å². The maximum absolute atomic E-state index is 12.6. The van der Waals surface area contributed by atoms with Crippen molar-refractivity contribution in [3.63, 3.8) is 0 Å². The number of carbonyl (C=O) groups excluding carboxylic acids is 1. The zero-order valence-corrected chi connectivity index (χ0v) is 17.1. The van der Waals surface area contributed by atoms with Gasteiger partial charge in [0, 0.05) is 31.8 Å². The lowest BCUT2D eigenvalue weighted by Gasteiger charge is -2.32. The summed E-state index contributed by atoms with van der Waals surface area (Å²) in [6.45, 7) is 5.32. The van der Waals surface area contributed by atoms with E-state index >= 15 is 0 Å². The van der Waals surface area contributed by atoms with E-state index in [9.17, 15) is 4.79 Å². The first-order valence-corrected chi connectivity index (χ1v) is 9.58. The maximum Gasteiger partial charge on any atom is 0.251 e. The molecule has 0 spiro atoms. The first-order valence-electron chi connectivity index (χ1n) is 9.58. The highest BCUT2D eigenvalue weighted by molar-refractivity contribution is 5.95. The van der Waals surface area contributed by atoms with Gasteiger partial charge in [-0.1, -0.05) is 0 Å². The molecule has 152 valence electrons. The van der Waals surface area contributed by atoms with E-state index in [0.29, 0.717) is 29.5 Å². The second kappa shape index (κ2) is 9.05. The molecule has 8 heteroatoms. The number of piperidine rings is 1. The van der Waals surface area contributed by atoms with Crippen molar-refractivity contribution in [1.29, 1.82) is 0 Å². The number of hydrogen-bond acceptors (Lipinski definition) is 6. The molecule has 1 atom stereocenters. The lowest BCUT2D eigenvalue weighted by atomic mass is 9.98. The van der Waals surface area contributed by atoms with E-state index in [1.807, 2.05) is 18.7 Å². The van der Waals surface area contributed by atoms with Gasteiger partial charge in [0.05, 0.1) is 20.8 Å². The van der Waals surface area contributed by atoms with Gasteiger partial charge in [-0.05, 0) is 44.4 Å². The molecule has 1 amide bonds. The molecule has 0 aliphatic carbocycles. The smallest absolute Gasteiger partial charge is 0.251 e. The molecule has 1 aliphatic rings. The van der Waals surface area contributed by atoms with Crippen LogP contribution in [0.1, 0.15) is 34.8 Å². The van der Waals surface area contributed by atoms with E-state index < -0.39 is 0 Å². The van der Waals surface area contributed by atoms with Crippen LogP contribution >= 0.6 is 0 Å². The van der Waals surface area contributed by atoms with Crippen LogP contribution in [0.4, 0.5) is 0 Å². The van der Waals surface area contributed by atoms with E-state index in [1.165, 1.54) is 0 Å². The first kappa shape index (κ1) is 20.1. The Morgan fingerprint density at radius 3 is 2.57 bits per heavy atom. The van der Waals surface area contributed by atoms with Crippen molar-refractivity contribution in [2.75, 3.05) is 33.9 Å². The number of rotatable bonds is 7. The van der Waals surface area contributed by atoms with Gasteiger partial charge >= 0.3 is 0 Å². The Bertz CT molecular complexity index is 798. The van der Waals surface area contributed by atoms with Crippen LogP contribution in [0.15, 0.2) is 18.2 Å². The molecule has 2 aromatic rings. The summed E-state index contributed by atoms with van der Waals surface area (Å²) in [4.78, 5) is 19.5. The lowest BCUT2D eigenvalue weighted by Crippen LogP contribution is -2.41. The third-order valence-corrected chi connectivity index (χ3v) is 5.09. The van der Waals surface area contributed by atoms with Crippen LogP contribution < -0.4 is 14.8 Å². The van der Waals surface area contributed by atoms with Crippen LogP contribution in [-0.4, -0.2) is 59.4 Å². The molecule has 8 nitrogen and oxygen atoms in total. The zero-order chi connectivity index (χ0) is 20.1. The molecular weight excluding hydrogens is 358 g/mol. The number of nitrogens with one attached hydrogen (secondary N) is 1. The summed E-state index contributed by atoms with van der Waals surface area (Å²) in [6, 6.07) is 5.20. The number of aryl methyl sites for hydroxylation is 2. The minimum Gasteiger partial charge on any atom is -0.497 e. The minimum absolute atomic E-state index is 0.113. The quantitative estimate of drug-likeness (QED) is 0.780. The number of hydrogen-bond donors (Lipinski definition) is 1. The number of methoxy groups -OCH3 is 2. The number of carbonyl (C=O) groups is 1. The molecule has 3 rings (SSSR count). The fourth-order valence-electron chi connectivity index (χ4n) is 3.63. The van der Waals surface area contributed by atoms with Gasteiger partial charge in [0.2, 0.25) is 0 Å². The largest absolute Gasteiger partial charge is 0.497 e. The Kier molecular flexibility index (Phi) is 6.51. The van der Waals surface area contributed by atoms with Gasteiger partial charge < -0.3 is 14.8 Å². The third-order valence-electron chi connectivity index (χ3n) is 5.09. The highest BCUT2D eigenvalue weighted by Gasteiger charge is 2.22. The second-order valence-electron chi connectivity index (χ2n) is 7.25. The Balaban J connectivity index is 1.55. The Morgan fingerprint density at radius 1 is 1.25 bits per heavy atom. The summed E-state index contributed by atoms with van der Waals surface area (Å²) in [5.41, 5.74) is 0.540. The van der Waals surface area contributed by atoms with Crippen LogP contribution in [-0.2, 0) is 13.6 Å². The maximum atomic E-state index is 12.6. The molecule has 0 radical (unpaired) electrons. The average molecular weight is 387 g/mol. The summed E-state index contributed by atoms with van der Waals surface area (Å²) in [5.74, 6) is 3.29. The number of amides is 1. The number of aromatic nitrogens is 3. The lowest BCUT2D eigenvalue weighted by molar-refractivity contribution is 0.0929. The molecule has 1 saturated heterocycles. The van der Waals surface area contributed by atoms with Crippen molar-refractivity contribution in [2.24, 2.45) is 13.0 Å². The van der Waals surface area contributed by atoms with Gasteiger partial charge in [0.25, 0.3) is 5.91 Å². The number of nitrogens with zero attached hydrogens (tertiary/aromatic N) is 4. The van der Waals surface area contributed by atoms with Crippen LogP contribution in [0, 0.1) is 12.8 Å². The molecule has 28 heavy (non-hydrogen) atoms. The minimum atomic E-state index is -0.113. The molecule has 0 saturated carbocycles. The molecule has 1 N–H and O–H groups in total. The average Bonchev–Trinajstić information content (AvgIpc) is 3.02. The van der Waals surface area contributed by atoms with Gasteiger partial charge in [-0.3, -0.25) is 14.4 Å².